The minimum Gasteiger partial charge on any atom is -0.465 e. The first-order valence-electron chi connectivity index (χ1n) is 10.4. The van der Waals surface area contributed by atoms with Crippen LogP contribution in [0.3, 0.4) is 0 Å². The zero-order valence-corrected chi connectivity index (χ0v) is 19.7. The summed E-state index contributed by atoms with van der Waals surface area (Å²) in [5.41, 5.74) is -3.18. The fraction of sp³-hybridized carbons (Fsp3) is 0.154. The molecule has 10 heteroatoms. The molecule has 0 spiro atoms. The third-order valence-electron chi connectivity index (χ3n) is 5.52. The summed E-state index contributed by atoms with van der Waals surface area (Å²) in [4.78, 5) is 26.1. The highest BCUT2D eigenvalue weighted by molar-refractivity contribution is 7.99. The molecule has 0 aromatic heterocycles. The van der Waals surface area contributed by atoms with Crippen molar-refractivity contribution in [1.82, 2.24) is 0 Å². The van der Waals surface area contributed by atoms with E-state index in [-0.39, 0.29) is 16.9 Å². The summed E-state index contributed by atoms with van der Waals surface area (Å²) in [6.45, 7) is 0. The molecule has 3 aromatic rings. The average molecular weight is 518 g/mol. The highest BCUT2D eigenvalue weighted by Crippen LogP contribution is 2.46. The molecule has 1 heterocycles. The molecule has 36 heavy (non-hydrogen) atoms. The highest BCUT2D eigenvalue weighted by atomic mass is 32.2. The highest BCUT2D eigenvalue weighted by Gasteiger charge is 2.64. The first kappa shape index (κ1) is 25.5. The predicted octanol–water partition coefficient (Wildman–Crippen LogP) is 6.22. The number of esters is 2. The molecule has 0 amide bonds. The summed E-state index contributed by atoms with van der Waals surface area (Å²) in [7, 11) is 1.99. The monoisotopic (exact) mass is 518 g/mol. The van der Waals surface area contributed by atoms with E-state index >= 15 is 0 Å². The minimum absolute atomic E-state index is 0.0596. The fourth-order valence-electron chi connectivity index (χ4n) is 3.75. The molecular weight excluding hydrogens is 500 g/mol. The lowest BCUT2D eigenvalue weighted by Gasteiger charge is -2.32. The van der Waals surface area contributed by atoms with Crippen LogP contribution in [0.4, 0.5) is 17.6 Å². The van der Waals surface area contributed by atoms with Crippen molar-refractivity contribution in [2.24, 2.45) is 0 Å². The normalized spacial score (nSPS) is 14.4. The Balaban J connectivity index is 1.85. The van der Waals surface area contributed by atoms with E-state index in [2.05, 4.69) is 0 Å². The largest absolute Gasteiger partial charge is 0.465 e. The predicted molar refractivity (Wildman–Crippen MR) is 123 cm³/mol. The molecule has 1 atom stereocenters. The molecule has 0 radical (unpaired) electrons. The van der Waals surface area contributed by atoms with Crippen LogP contribution < -0.4 is 0 Å². The second-order valence-electron chi connectivity index (χ2n) is 7.63. The molecule has 0 fully saturated rings. The Morgan fingerprint density at radius 3 is 2.25 bits per heavy atom. The van der Waals surface area contributed by atoms with E-state index < -0.39 is 35.1 Å². The van der Waals surface area contributed by atoms with Crippen LogP contribution in [-0.2, 0) is 24.6 Å². The molecule has 1 aliphatic heterocycles. The van der Waals surface area contributed by atoms with Gasteiger partial charge in [0.2, 0.25) is 0 Å². The van der Waals surface area contributed by atoms with Crippen molar-refractivity contribution < 1.29 is 41.4 Å². The van der Waals surface area contributed by atoms with Crippen molar-refractivity contribution in [1.29, 1.82) is 0 Å². The summed E-state index contributed by atoms with van der Waals surface area (Å²) < 4.78 is 72.1. The number of carbonyl (C=O) groups is 2. The number of alkyl halides is 3. The van der Waals surface area contributed by atoms with Gasteiger partial charge in [-0.15, -0.1) is 0 Å². The summed E-state index contributed by atoms with van der Waals surface area (Å²) >= 11 is 1.13. The van der Waals surface area contributed by atoms with Gasteiger partial charge >= 0.3 is 18.1 Å². The van der Waals surface area contributed by atoms with E-state index in [1.807, 2.05) is 0 Å². The molecule has 4 rings (SSSR count). The number of hydrogen-bond acceptors (Lipinski definition) is 6. The van der Waals surface area contributed by atoms with Gasteiger partial charge in [0.1, 0.15) is 11.6 Å². The lowest BCUT2D eigenvalue weighted by molar-refractivity contribution is -0.273. The van der Waals surface area contributed by atoms with E-state index in [1.165, 1.54) is 61.7 Å². The Morgan fingerprint density at radius 1 is 0.889 bits per heavy atom. The van der Waals surface area contributed by atoms with Crippen molar-refractivity contribution in [2.75, 3.05) is 14.2 Å². The van der Waals surface area contributed by atoms with Gasteiger partial charge in [-0.3, -0.25) is 0 Å². The molecule has 0 aliphatic carbocycles. The van der Waals surface area contributed by atoms with Crippen LogP contribution in [0.1, 0.15) is 27.0 Å². The Hall–Kier alpha value is -3.63. The number of halogens is 4. The van der Waals surface area contributed by atoms with Crippen LogP contribution in [0.25, 0.3) is 11.8 Å². The van der Waals surface area contributed by atoms with Gasteiger partial charge in [0.15, 0.2) is 0 Å². The maximum absolute atomic E-state index is 14.3. The van der Waals surface area contributed by atoms with Gasteiger partial charge in [-0.05, 0) is 42.0 Å². The third-order valence-corrected chi connectivity index (χ3v) is 6.67. The van der Waals surface area contributed by atoms with Crippen molar-refractivity contribution in [2.45, 2.75) is 21.6 Å². The van der Waals surface area contributed by atoms with E-state index in [0.29, 0.717) is 15.4 Å². The molecule has 0 N–H and O–H groups in total. The molecule has 0 saturated carbocycles. The second kappa shape index (κ2) is 9.79. The maximum Gasteiger partial charge on any atom is 0.432 e. The average Bonchev–Trinajstić information content (AvgIpc) is 3.00. The van der Waals surface area contributed by atoms with Crippen molar-refractivity contribution in [3.05, 3.63) is 94.8 Å². The Morgan fingerprint density at radius 2 is 1.61 bits per heavy atom. The summed E-state index contributed by atoms with van der Waals surface area (Å²) in [5.74, 6) is -3.33. The quantitative estimate of drug-likeness (QED) is 0.295. The van der Waals surface area contributed by atoms with Crippen molar-refractivity contribution in [3.8, 4) is 0 Å². The Labute approximate surface area is 207 Å². The first-order valence-corrected chi connectivity index (χ1v) is 11.2. The topological polar surface area (TPSA) is 61.8 Å². The van der Waals surface area contributed by atoms with Crippen LogP contribution in [0.15, 0.2) is 76.5 Å². The van der Waals surface area contributed by atoms with Crippen LogP contribution >= 0.6 is 11.8 Å². The Kier molecular flexibility index (Phi) is 6.92. The zero-order chi connectivity index (χ0) is 26.1. The van der Waals surface area contributed by atoms with Gasteiger partial charge in [0, 0.05) is 28.0 Å². The zero-order valence-electron chi connectivity index (χ0n) is 18.9. The maximum atomic E-state index is 14.3. The van der Waals surface area contributed by atoms with E-state index in [0.717, 1.165) is 37.1 Å². The number of hydrogen-bond donors (Lipinski definition) is 0. The molecule has 5 nitrogen and oxygen atoms in total. The second-order valence-corrected chi connectivity index (χ2v) is 8.72. The number of methoxy groups -OCH3 is 2. The third kappa shape index (κ3) is 4.49. The first-order chi connectivity index (χ1) is 17.1. The van der Waals surface area contributed by atoms with Crippen molar-refractivity contribution in [3.63, 3.8) is 0 Å². The molecule has 186 valence electrons. The van der Waals surface area contributed by atoms with Gasteiger partial charge in [0.05, 0.1) is 12.7 Å². The van der Waals surface area contributed by atoms with Crippen LogP contribution in [0.5, 0.6) is 0 Å². The lowest BCUT2D eigenvalue weighted by Crippen LogP contribution is -2.51. The van der Waals surface area contributed by atoms with Gasteiger partial charge in [-0.25, -0.2) is 14.0 Å². The summed E-state index contributed by atoms with van der Waals surface area (Å²) in [6, 6.07) is 14.5. The van der Waals surface area contributed by atoms with Crippen LogP contribution in [-0.4, -0.2) is 32.3 Å². The number of carbonyl (C=O) groups excluding carboxylic acids is 2. The minimum atomic E-state index is -5.18. The number of benzene rings is 3. The smallest absolute Gasteiger partial charge is 0.432 e. The summed E-state index contributed by atoms with van der Waals surface area (Å²) in [5, 5.41) is 0. The molecule has 0 saturated heterocycles. The number of ether oxygens (including phenoxy) is 3. The molecule has 1 aliphatic rings. The fourth-order valence-corrected chi connectivity index (χ4v) is 4.82. The molecular formula is C26H18F4O5S. The van der Waals surface area contributed by atoms with E-state index in [9.17, 15) is 27.2 Å². The van der Waals surface area contributed by atoms with Gasteiger partial charge in [-0.1, -0.05) is 48.2 Å². The van der Waals surface area contributed by atoms with Crippen LogP contribution in [0, 0.1) is 5.82 Å². The van der Waals surface area contributed by atoms with Gasteiger partial charge < -0.3 is 14.2 Å². The molecule has 1 unspecified atom stereocenters. The number of fused-ring (bicyclic) bond motifs is 2. The SMILES string of the molecule is COC(=O)c1ccc2c(c1)Sc1ccc(F)cc1C(OC(=O)C(OC)(c1ccccc1)C(F)(F)F)=C2. The molecule has 3 aromatic carbocycles. The lowest BCUT2D eigenvalue weighted by atomic mass is 9.92. The standard InChI is InChI=1S/C26H18F4O5S/c1-33-23(31)16-9-8-15-12-20(19-14-18(27)10-11-21(19)36-22(15)13-16)35-24(32)25(34-2,26(28,29)30)17-6-4-3-5-7-17/h3-14H,1-2H3. The molecule has 0 bridgehead atoms. The van der Waals surface area contributed by atoms with Gasteiger partial charge in [0.25, 0.3) is 5.60 Å². The Bertz CT molecular complexity index is 1350. The van der Waals surface area contributed by atoms with E-state index in [4.69, 9.17) is 14.2 Å². The van der Waals surface area contributed by atoms with E-state index in [1.54, 1.807) is 0 Å². The summed E-state index contributed by atoms with van der Waals surface area (Å²) in [6.07, 6.45) is -3.87. The van der Waals surface area contributed by atoms with Gasteiger partial charge in [-0.2, -0.15) is 13.2 Å². The van der Waals surface area contributed by atoms with Crippen LogP contribution in [0.2, 0.25) is 0 Å². The van der Waals surface area contributed by atoms with Crippen molar-refractivity contribution >= 4 is 35.5 Å². The number of rotatable bonds is 5.